The van der Waals surface area contributed by atoms with Gasteiger partial charge < -0.3 is 20.9 Å². The van der Waals surface area contributed by atoms with Crippen molar-refractivity contribution >= 4 is 17.3 Å². The average molecular weight is 326 g/mol. The van der Waals surface area contributed by atoms with E-state index in [1.807, 2.05) is 19.9 Å². The molecule has 24 heavy (non-hydrogen) atoms. The molecule has 1 aromatic heterocycles. The maximum absolute atomic E-state index is 6.09. The van der Waals surface area contributed by atoms with Gasteiger partial charge in [0.2, 0.25) is 5.95 Å². The minimum Gasteiger partial charge on any atom is -0.493 e. The minimum absolute atomic E-state index is 0.175. The van der Waals surface area contributed by atoms with Crippen LogP contribution in [0.4, 0.5) is 11.8 Å². The van der Waals surface area contributed by atoms with Crippen LogP contribution in [-0.4, -0.2) is 22.7 Å². The average Bonchev–Trinajstić information content (AvgIpc) is 2.49. The molecular weight excluding hydrogens is 304 g/mol. The molecule has 0 atom stereocenters. The summed E-state index contributed by atoms with van der Waals surface area (Å²) in [6.07, 6.45) is 4.36. The second kappa shape index (κ2) is 5.70. The van der Waals surface area contributed by atoms with Crippen LogP contribution in [0.1, 0.15) is 37.5 Å². The predicted octanol–water partition coefficient (Wildman–Crippen LogP) is 2.81. The lowest BCUT2D eigenvalue weighted by molar-refractivity contribution is 0.151. The van der Waals surface area contributed by atoms with Gasteiger partial charge in [-0.1, -0.05) is 0 Å². The van der Waals surface area contributed by atoms with Gasteiger partial charge in [-0.2, -0.15) is 4.98 Å². The van der Waals surface area contributed by atoms with E-state index in [0.717, 1.165) is 28.0 Å². The van der Waals surface area contributed by atoms with Gasteiger partial charge in [0.1, 0.15) is 11.4 Å². The van der Waals surface area contributed by atoms with E-state index in [2.05, 4.69) is 29.0 Å². The van der Waals surface area contributed by atoms with E-state index in [-0.39, 0.29) is 11.5 Å². The van der Waals surface area contributed by atoms with Crippen LogP contribution >= 0.6 is 0 Å². The molecule has 0 radical (unpaired) electrons. The Bertz CT molecular complexity index is 828. The fraction of sp³-hybridized carbons (Fsp3) is 0.333. The highest BCUT2D eigenvalue weighted by Crippen LogP contribution is 2.43. The molecule has 126 valence electrons. The third-order valence-electron chi connectivity index (χ3n) is 4.00. The fourth-order valence-corrected chi connectivity index (χ4v) is 2.99. The van der Waals surface area contributed by atoms with E-state index >= 15 is 0 Å². The molecule has 2 aromatic rings. The van der Waals surface area contributed by atoms with Crippen molar-refractivity contribution in [2.24, 2.45) is 0 Å². The van der Waals surface area contributed by atoms with Crippen LogP contribution in [0.15, 0.2) is 24.4 Å². The monoisotopic (exact) mass is 326 g/mol. The Hall–Kier alpha value is -2.76. The SMILES string of the molecule is COc1cc(Cc2cnc(N)nc2N)cc2c1OC(C)(C)C=C2C. The first kappa shape index (κ1) is 16.1. The zero-order valence-electron chi connectivity index (χ0n) is 14.4. The first-order valence-corrected chi connectivity index (χ1v) is 7.75. The summed E-state index contributed by atoms with van der Waals surface area (Å²) in [4.78, 5) is 8.03. The molecule has 0 saturated heterocycles. The number of nitrogens with zero attached hydrogens (tertiary/aromatic N) is 2. The highest BCUT2D eigenvalue weighted by molar-refractivity contribution is 5.75. The number of benzene rings is 1. The molecule has 1 aliphatic rings. The van der Waals surface area contributed by atoms with Crippen molar-refractivity contribution in [3.63, 3.8) is 0 Å². The highest BCUT2D eigenvalue weighted by atomic mass is 16.5. The zero-order valence-corrected chi connectivity index (χ0v) is 14.4. The predicted molar refractivity (Wildman–Crippen MR) is 95.0 cm³/mol. The summed E-state index contributed by atoms with van der Waals surface area (Å²) in [5.41, 5.74) is 15.2. The summed E-state index contributed by atoms with van der Waals surface area (Å²) in [6.45, 7) is 6.13. The molecule has 2 heterocycles. The second-order valence-electron chi connectivity index (χ2n) is 6.52. The lowest BCUT2D eigenvalue weighted by Crippen LogP contribution is -2.29. The fourth-order valence-electron chi connectivity index (χ4n) is 2.99. The van der Waals surface area contributed by atoms with Crippen LogP contribution in [0.5, 0.6) is 11.5 Å². The molecule has 6 nitrogen and oxygen atoms in total. The number of fused-ring (bicyclic) bond motifs is 1. The van der Waals surface area contributed by atoms with E-state index in [1.54, 1.807) is 13.3 Å². The summed E-state index contributed by atoms with van der Waals surface area (Å²) in [7, 11) is 1.64. The van der Waals surface area contributed by atoms with Gasteiger partial charge in [-0.3, -0.25) is 0 Å². The van der Waals surface area contributed by atoms with E-state index in [0.29, 0.717) is 18.0 Å². The molecule has 4 N–H and O–H groups in total. The standard InChI is InChI=1S/C18H22N4O2/c1-10-8-18(2,3)24-15-13(10)6-11(7-14(15)23-4)5-12-9-21-17(20)22-16(12)19/h6-9H,5H2,1-4H3,(H4,19,20,21,22). The quantitative estimate of drug-likeness (QED) is 0.900. The van der Waals surface area contributed by atoms with Crippen molar-refractivity contribution in [1.82, 2.24) is 9.97 Å². The molecule has 3 rings (SSSR count). The number of ether oxygens (including phenoxy) is 2. The van der Waals surface area contributed by atoms with Gasteiger partial charge in [-0.05, 0) is 50.1 Å². The van der Waals surface area contributed by atoms with Crippen molar-refractivity contribution in [3.8, 4) is 11.5 Å². The number of aromatic nitrogens is 2. The molecule has 0 bridgehead atoms. The summed E-state index contributed by atoms with van der Waals surface area (Å²) in [5, 5.41) is 0. The Morgan fingerprint density at radius 1 is 1.25 bits per heavy atom. The maximum atomic E-state index is 6.09. The Kier molecular flexibility index (Phi) is 3.83. The van der Waals surface area contributed by atoms with Gasteiger partial charge in [-0.15, -0.1) is 0 Å². The van der Waals surface area contributed by atoms with E-state index in [1.165, 1.54) is 0 Å². The number of hydrogen-bond acceptors (Lipinski definition) is 6. The molecule has 6 heteroatoms. The van der Waals surface area contributed by atoms with Crippen LogP contribution in [0.25, 0.3) is 5.57 Å². The number of methoxy groups -OCH3 is 1. The van der Waals surface area contributed by atoms with Gasteiger partial charge in [0.05, 0.1) is 7.11 Å². The van der Waals surface area contributed by atoms with Crippen LogP contribution in [0.2, 0.25) is 0 Å². The van der Waals surface area contributed by atoms with Gasteiger partial charge in [0, 0.05) is 23.7 Å². The Labute approximate surface area is 141 Å². The Morgan fingerprint density at radius 3 is 2.67 bits per heavy atom. The molecule has 0 amide bonds. The van der Waals surface area contributed by atoms with Gasteiger partial charge in [-0.25, -0.2) is 4.98 Å². The maximum Gasteiger partial charge on any atom is 0.221 e. The van der Waals surface area contributed by atoms with Crippen LogP contribution in [-0.2, 0) is 6.42 Å². The molecule has 0 unspecified atom stereocenters. The number of rotatable bonds is 3. The van der Waals surface area contributed by atoms with E-state index < -0.39 is 0 Å². The zero-order chi connectivity index (χ0) is 17.5. The van der Waals surface area contributed by atoms with Crippen LogP contribution in [0.3, 0.4) is 0 Å². The van der Waals surface area contributed by atoms with Gasteiger partial charge in [0.15, 0.2) is 11.5 Å². The van der Waals surface area contributed by atoms with E-state index in [4.69, 9.17) is 20.9 Å². The van der Waals surface area contributed by atoms with E-state index in [9.17, 15) is 0 Å². The lowest BCUT2D eigenvalue weighted by Gasteiger charge is -2.31. The first-order valence-electron chi connectivity index (χ1n) is 7.75. The molecule has 0 spiro atoms. The molecule has 0 aliphatic carbocycles. The lowest BCUT2D eigenvalue weighted by atomic mass is 9.93. The summed E-state index contributed by atoms with van der Waals surface area (Å²) in [5.74, 6) is 2.04. The van der Waals surface area contributed by atoms with Gasteiger partial charge >= 0.3 is 0 Å². The summed E-state index contributed by atoms with van der Waals surface area (Å²) >= 11 is 0. The first-order chi connectivity index (χ1) is 11.3. The number of hydrogen-bond donors (Lipinski definition) is 2. The van der Waals surface area contributed by atoms with Crippen molar-refractivity contribution in [3.05, 3.63) is 41.1 Å². The number of nitrogens with two attached hydrogens (primary N) is 2. The third-order valence-corrected chi connectivity index (χ3v) is 4.00. The largest absolute Gasteiger partial charge is 0.493 e. The molecule has 1 aromatic carbocycles. The third kappa shape index (κ3) is 2.99. The van der Waals surface area contributed by atoms with Gasteiger partial charge in [0.25, 0.3) is 0 Å². The normalized spacial score (nSPS) is 15.2. The van der Waals surface area contributed by atoms with Crippen molar-refractivity contribution < 1.29 is 9.47 Å². The summed E-state index contributed by atoms with van der Waals surface area (Å²) in [6, 6.07) is 4.05. The van der Waals surface area contributed by atoms with Crippen molar-refractivity contribution in [2.45, 2.75) is 32.8 Å². The highest BCUT2D eigenvalue weighted by Gasteiger charge is 2.28. The Morgan fingerprint density at radius 2 is 2.00 bits per heavy atom. The van der Waals surface area contributed by atoms with Crippen molar-refractivity contribution in [2.75, 3.05) is 18.6 Å². The second-order valence-corrected chi connectivity index (χ2v) is 6.52. The topological polar surface area (TPSA) is 96.3 Å². The number of allylic oxidation sites excluding steroid dienone is 1. The minimum atomic E-state index is -0.360. The number of anilines is 2. The van der Waals surface area contributed by atoms with Crippen molar-refractivity contribution in [1.29, 1.82) is 0 Å². The molecule has 0 fully saturated rings. The molecule has 0 saturated carbocycles. The molecular formula is C18H22N4O2. The smallest absolute Gasteiger partial charge is 0.221 e. The number of nitrogen functional groups attached to an aromatic ring is 2. The molecule has 1 aliphatic heterocycles. The van der Waals surface area contributed by atoms with Crippen LogP contribution in [0, 0.1) is 0 Å². The summed E-state index contributed by atoms with van der Waals surface area (Å²) < 4.78 is 11.6. The Balaban J connectivity index is 2.04. The van der Waals surface area contributed by atoms with Crippen LogP contribution < -0.4 is 20.9 Å².